The highest BCUT2D eigenvalue weighted by Gasteiger charge is 2.34. The molecule has 0 aliphatic carbocycles. The van der Waals surface area contributed by atoms with E-state index in [-0.39, 0.29) is 16.9 Å². The van der Waals surface area contributed by atoms with E-state index in [9.17, 15) is 24.3 Å². The molecule has 1 aliphatic heterocycles. The summed E-state index contributed by atoms with van der Waals surface area (Å²) in [4.78, 5) is 49.6. The average molecular weight is 407 g/mol. The van der Waals surface area contributed by atoms with E-state index in [1.807, 2.05) is 26.0 Å². The second-order valence-electron chi connectivity index (χ2n) is 7.20. The van der Waals surface area contributed by atoms with E-state index in [0.29, 0.717) is 24.3 Å². The number of carboxylic acid groups (broad SMARTS) is 1. The van der Waals surface area contributed by atoms with Crippen LogP contribution in [0.3, 0.4) is 0 Å². The number of anilines is 1. The minimum atomic E-state index is -1.12. The Morgan fingerprint density at radius 1 is 1.29 bits per heavy atom. The highest BCUT2D eigenvalue weighted by molar-refractivity contribution is 8.13. The van der Waals surface area contributed by atoms with Gasteiger partial charge in [-0.15, -0.1) is 0 Å². The fourth-order valence-electron chi connectivity index (χ4n) is 3.20. The van der Waals surface area contributed by atoms with Crippen LogP contribution in [0.25, 0.3) is 0 Å². The molecule has 1 aromatic carbocycles. The topological polar surface area (TPSA) is 104 Å². The summed E-state index contributed by atoms with van der Waals surface area (Å²) >= 11 is 1.09. The third kappa shape index (κ3) is 5.58. The smallest absolute Gasteiger partial charge is 0.323 e. The first-order chi connectivity index (χ1) is 13.2. The van der Waals surface area contributed by atoms with Gasteiger partial charge in [-0.3, -0.25) is 24.1 Å². The van der Waals surface area contributed by atoms with Crippen LogP contribution in [-0.2, 0) is 25.6 Å². The van der Waals surface area contributed by atoms with Gasteiger partial charge in [0.05, 0.1) is 0 Å². The van der Waals surface area contributed by atoms with Gasteiger partial charge in [-0.1, -0.05) is 43.8 Å². The third-order valence-corrected chi connectivity index (χ3v) is 5.70. The maximum atomic E-state index is 13.0. The summed E-state index contributed by atoms with van der Waals surface area (Å²) in [5.41, 5.74) is 1.44. The lowest BCUT2D eigenvalue weighted by Gasteiger charge is -2.27. The fourth-order valence-corrected chi connectivity index (χ4v) is 4.16. The Hall–Kier alpha value is -2.35. The quantitative estimate of drug-likeness (QED) is 0.719. The molecule has 0 saturated carbocycles. The van der Waals surface area contributed by atoms with Gasteiger partial charge in [-0.2, -0.15) is 0 Å². The number of amides is 2. The molecule has 2 atom stereocenters. The highest BCUT2D eigenvalue weighted by Crippen LogP contribution is 2.27. The van der Waals surface area contributed by atoms with E-state index in [1.165, 1.54) is 11.8 Å². The van der Waals surface area contributed by atoms with Crippen LogP contribution in [-0.4, -0.2) is 46.3 Å². The molecule has 2 N–H and O–H groups in total. The van der Waals surface area contributed by atoms with E-state index in [1.54, 1.807) is 12.1 Å². The molecule has 0 saturated heterocycles. The number of aliphatic carboxylic acids is 1. The molecule has 0 aromatic heterocycles. The molecule has 152 valence electrons. The molecule has 1 aliphatic rings. The van der Waals surface area contributed by atoms with Crippen LogP contribution in [0, 0.1) is 11.8 Å². The Bertz CT molecular complexity index is 765. The van der Waals surface area contributed by atoms with Crippen molar-refractivity contribution in [3.8, 4) is 0 Å². The zero-order valence-electron chi connectivity index (χ0n) is 16.3. The zero-order valence-corrected chi connectivity index (χ0v) is 17.1. The summed E-state index contributed by atoms with van der Waals surface area (Å²) in [6.07, 6.45) is 0.944. The van der Waals surface area contributed by atoms with E-state index in [4.69, 9.17) is 0 Å². The number of hydrogen-bond donors (Lipinski definition) is 2. The average Bonchev–Trinajstić information content (AvgIpc) is 2.73. The second-order valence-corrected chi connectivity index (χ2v) is 8.40. The monoisotopic (exact) mass is 406 g/mol. The second kappa shape index (κ2) is 9.73. The van der Waals surface area contributed by atoms with Gasteiger partial charge in [0.2, 0.25) is 11.8 Å². The summed E-state index contributed by atoms with van der Waals surface area (Å²) < 4.78 is 0. The van der Waals surface area contributed by atoms with Crippen LogP contribution in [0.4, 0.5) is 5.69 Å². The molecule has 0 radical (unpaired) electrons. The number of nitrogens with one attached hydrogen (secondary N) is 1. The van der Waals surface area contributed by atoms with Crippen molar-refractivity contribution < 1.29 is 24.3 Å². The third-order valence-electron chi connectivity index (χ3n) is 4.77. The van der Waals surface area contributed by atoms with Gasteiger partial charge in [0, 0.05) is 24.3 Å². The molecule has 7 nitrogen and oxygen atoms in total. The Kier molecular flexibility index (Phi) is 7.62. The van der Waals surface area contributed by atoms with Gasteiger partial charge in [-0.25, -0.2) is 0 Å². The van der Waals surface area contributed by atoms with Crippen LogP contribution < -0.4 is 10.2 Å². The van der Waals surface area contributed by atoms with Gasteiger partial charge in [-0.05, 0) is 30.4 Å². The largest absolute Gasteiger partial charge is 0.480 e. The number of rotatable bonds is 7. The molecule has 0 spiro atoms. The molecule has 2 amide bonds. The Morgan fingerprint density at radius 2 is 1.96 bits per heavy atom. The van der Waals surface area contributed by atoms with Crippen molar-refractivity contribution >= 4 is 40.3 Å². The molecule has 28 heavy (non-hydrogen) atoms. The lowest BCUT2D eigenvalue weighted by atomic mass is 9.96. The molecule has 1 unspecified atom stereocenters. The van der Waals surface area contributed by atoms with Crippen LogP contribution in [0.2, 0.25) is 0 Å². The summed E-state index contributed by atoms with van der Waals surface area (Å²) in [5.74, 6) is -1.90. The van der Waals surface area contributed by atoms with E-state index >= 15 is 0 Å². The number of thioether (sulfide) groups is 1. The Morgan fingerprint density at radius 3 is 2.57 bits per heavy atom. The number of nitrogens with zero attached hydrogens (tertiary/aromatic N) is 1. The number of carboxylic acids is 1. The van der Waals surface area contributed by atoms with Gasteiger partial charge in [0.1, 0.15) is 12.6 Å². The van der Waals surface area contributed by atoms with Crippen molar-refractivity contribution in [1.29, 1.82) is 0 Å². The molecule has 1 aromatic rings. The van der Waals surface area contributed by atoms with Gasteiger partial charge in [0.25, 0.3) is 0 Å². The summed E-state index contributed by atoms with van der Waals surface area (Å²) in [5, 5.41) is 12.0. The normalized spacial score (nSPS) is 17.6. The van der Waals surface area contributed by atoms with Crippen molar-refractivity contribution in [2.75, 3.05) is 17.2 Å². The minimum absolute atomic E-state index is 0.0000463. The van der Waals surface area contributed by atoms with Crippen LogP contribution in [0.15, 0.2) is 24.3 Å². The summed E-state index contributed by atoms with van der Waals surface area (Å²) in [6, 6.07) is 6.38. The predicted octanol–water partition coefficient (Wildman–Crippen LogP) is 2.09. The lowest BCUT2D eigenvalue weighted by Crippen LogP contribution is -2.51. The Balaban J connectivity index is 2.21. The van der Waals surface area contributed by atoms with Gasteiger partial charge in [0.15, 0.2) is 5.12 Å². The molecule has 8 heteroatoms. The zero-order chi connectivity index (χ0) is 20.8. The van der Waals surface area contributed by atoms with Gasteiger partial charge < -0.3 is 10.4 Å². The first-order valence-corrected chi connectivity index (χ1v) is 10.2. The summed E-state index contributed by atoms with van der Waals surface area (Å²) in [7, 11) is 0. The first kappa shape index (κ1) is 21.9. The maximum absolute atomic E-state index is 13.0. The number of benzene rings is 1. The number of para-hydroxylation sites is 1. The molecular weight excluding hydrogens is 380 g/mol. The number of aryl methyl sites for hydroxylation is 1. The fraction of sp³-hybridized carbons (Fsp3) is 0.500. The minimum Gasteiger partial charge on any atom is -0.480 e. The molecule has 0 fully saturated rings. The number of hydrogen-bond acceptors (Lipinski definition) is 5. The summed E-state index contributed by atoms with van der Waals surface area (Å²) in [6.45, 7) is 4.78. The van der Waals surface area contributed by atoms with Crippen molar-refractivity contribution in [1.82, 2.24) is 5.32 Å². The molecule has 2 rings (SSSR count). The SMILES string of the molecule is CC(=O)SC[C@H](C(=O)NC1CCc2ccccc2N(CC(=O)O)C1=O)C(C)C. The van der Waals surface area contributed by atoms with Crippen LogP contribution >= 0.6 is 11.8 Å². The molecular formula is C20H26N2O5S. The number of carbonyl (C=O) groups excluding carboxylic acids is 3. The number of carbonyl (C=O) groups is 4. The lowest BCUT2D eigenvalue weighted by molar-refractivity contribution is -0.137. The predicted molar refractivity (Wildman–Crippen MR) is 108 cm³/mol. The van der Waals surface area contributed by atoms with E-state index in [0.717, 1.165) is 17.3 Å². The Labute approximate surface area is 168 Å². The van der Waals surface area contributed by atoms with Crippen LogP contribution in [0.1, 0.15) is 32.8 Å². The van der Waals surface area contributed by atoms with Gasteiger partial charge >= 0.3 is 5.97 Å². The molecule has 0 bridgehead atoms. The highest BCUT2D eigenvalue weighted by atomic mass is 32.2. The molecule has 1 heterocycles. The maximum Gasteiger partial charge on any atom is 0.323 e. The standard InChI is InChI=1S/C20H26N2O5S/c1-12(2)15(11-28-13(3)23)19(26)21-16-9-8-14-6-4-5-7-17(14)22(20(16)27)10-18(24)25/h4-7,12,15-16H,8-11H2,1-3H3,(H,21,26)(H,24,25)/t15-,16?/m0/s1. The van der Waals surface area contributed by atoms with E-state index in [2.05, 4.69) is 5.32 Å². The van der Waals surface area contributed by atoms with Crippen molar-refractivity contribution in [2.24, 2.45) is 11.8 Å². The van der Waals surface area contributed by atoms with Crippen molar-refractivity contribution in [3.63, 3.8) is 0 Å². The first-order valence-electron chi connectivity index (χ1n) is 9.25. The van der Waals surface area contributed by atoms with E-state index < -0.39 is 30.4 Å². The van der Waals surface area contributed by atoms with Crippen molar-refractivity contribution in [3.05, 3.63) is 29.8 Å². The van der Waals surface area contributed by atoms with Crippen LogP contribution in [0.5, 0.6) is 0 Å². The number of fused-ring (bicyclic) bond motifs is 1. The van der Waals surface area contributed by atoms with Crippen molar-refractivity contribution in [2.45, 2.75) is 39.7 Å².